The van der Waals surface area contributed by atoms with Crippen LogP contribution >= 0.6 is 0 Å². The number of nitrogens with zero attached hydrogens (tertiary/aromatic N) is 3. The summed E-state index contributed by atoms with van der Waals surface area (Å²) in [6, 6.07) is 1.98. The Kier molecular flexibility index (Phi) is 6.43. The lowest BCUT2D eigenvalue weighted by Crippen LogP contribution is -2.20. The molecule has 0 atom stereocenters. The smallest absolute Gasteiger partial charge is 0.158 e. The van der Waals surface area contributed by atoms with Gasteiger partial charge in [0.05, 0.1) is 0 Å². The first kappa shape index (κ1) is 14.7. The highest BCUT2D eigenvalue weighted by atomic mass is 16.5. The van der Waals surface area contributed by atoms with Crippen LogP contribution in [0, 0.1) is 0 Å². The molecule has 5 heteroatoms. The van der Waals surface area contributed by atoms with Crippen LogP contribution in [0.1, 0.15) is 33.0 Å². The van der Waals surface area contributed by atoms with Gasteiger partial charge in [0.2, 0.25) is 0 Å². The third kappa shape index (κ3) is 4.49. The minimum atomic E-state index is 0.461. The first-order valence-electron chi connectivity index (χ1n) is 6.61. The van der Waals surface area contributed by atoms with Crippen molar-refractivity contribution < 1.29 is 4.74 Å². The van der Waals surface area contributed by atoms with E-state index in [4.69, 9.17) is 4.74 Å². The van der Waals surface area contributed by atoms with Crippen molar-refractivity contribution >= 4 is 11.6 Å². The van der Waals surface area contributed by atoms with Crippen molar-refractivity contribution in [2.75, 3.05) is 37.0 Å². The Morgan fingerprint density at radius 1 is 1.28 bits per heavy atom. The summed E-state index contributed by atoms with van der Waals surface area (Å²) >= 11 is 0. The molecular weight excluding hydrogens is 228 g/mol. The van der Waals surface area contributed by atoms with Gasteiger partial charge in [-0.1, -0.05) is 6.92 Å². The van der Waals surface area contributed by atoms with E-state index in [1.54, 1.807) is 0 Å². The summed E-state index contributed by atoms with van der Waals surface area (Å²) in [4.78, 5) is 11.1. The molecule has 0 aliphatic carbocycles. The van der Waals surface area contributed by atoms with Crippen molar-refractivity contribution in [1.29, 1.82) is 0 Å². The number of ether oxygens (including phenoxy) is 1. The number of nitrogens with one attached hydrogen (secondary N) is 1. The molecule has 0 unspecified atom stereocenters. The van der Waals surface area contributed by atoms with Gasteiger partial charge in [-0.3, -0.25) is 0 Å². The van der Waals surface area contributed by atoms with Crippen LogP contribution in [0.15, 0.2) is 6.07 Å². The zero-order chi connectivity index (χ0) is 13.4. The molecule has 0 aliphatic heterocycles. The van der Waals surface area contributed by atoms with E-state index < -0.39 is 0 Å². The van der Waals surface area contributed by atoms with Gasteiger partial charge in [0, 0.05) is 32.8 Å². The maximum atomic E-state index is 5.38. The largest absolute Gasteiger partial charge is 0.374 e. The summed E-state index contributed by atoms with van der Waals surface area (Å²) in [7, 11) is 2.05. The van der Waals surface area contributed by atoms with E-state index in [0.717, 1.165) is 37.0 Å². The summed E-state index contributed by atoms with van der Waals surface area (Å²) in [5, 5.41) is 3.23. The van der Waals surface area contributed by atoms with Crippen LogP contribution in [0.2, 0.25) is 0 Å². The molecule has 0 spiro atoms. The zero-order valence-electron chi connectivity index (χ0n) is 11.9. The summed E-state index contributed by atoms with van der Waals surface area (Å²) in [5.41, 5.74) is 0. The van der Waals surface area contributed by atoms with Crippen LogP contribution in [0.3, 0.4) is 0 Å². The van der Waals surface area contributed by atoms with Crippen LogP contribution in [-0.2, 0) is 11.3 Å². The summed E-state index contributed by atoms with van der Waals surface area (Å²) in [6.07, 6.45) is 1.10. The molecule has 0 aromatic carbocycles. The third-order valence-corrected chi connectivity index (χ3v) is 2.50. The second-order valence-electron chi connectivity index (χ2n) is 4.12. The molecule has 18 heavy (non-hydrogen) atoms. The SMILES string of the molecule is CCCN(C)c1cc(NCC)nc(COCC)n1. The van der Waals surface area contributed by atoms with Crippen molar-refractivity contribution in [3.05, 3.63) is 11.9 Å². The molecule has 1 aromatic heterocycles. The zero-order valence-corrected chi connectivity index (χ0v) is 11.9. The van der Waals surface area contributed by atoms with E-state index in [0.29, 0.717) is 13.2 Å². The quantitative estimate of drug-likeness (QED) is 0.769. The lowest BCUT2D eigenvalue weighted by molar-refractivity contribution is 0.128. The van der Waals surface area contributed by atoms with Gasteiger partial charge in [-0.25, -0.2) is 9.97 Å². The van der Waals surface area contributed by atoms with Gasteiger partial charge in [-0.15, -0.1) is 0 Å². The molecule has 0 amide bonds. The Morgan fingerprint density at radius 2 is 2.06 bits per heavy atom. The Morgan fingerprint density at radius 3 is 2.67 bits per heavy atom. The number of rotatable bonds is 8. The summed E-state index contributed by atoms with van der Waals surface area (Å²) in [5.74, 6) is 2.53. The van der Waals surface area contributed by atoms with Crippen molar-refractivity contribution in [3.8, 4) is 0 Å². The molecule has 1 aromatic rings. The topological polar surface area (TPSA) is 50.3 Å². The molecule has 0 aliphatic rings. The van der Waals surface area contributed by atoms with Crippen LogP contribution in [0.5, 0.6) is 0 Å². The molecule has 5 nitrogen and oxygen atoms in total. The lowest BCUT2D eigenvalue weighted by Gasteiger charge is -2.18. The maximum Gasteiger partial charge on any atom is 0.158 e. The van der Waals surface area contributed by atoms with Gasteiger partial charge in [-0.05, 0) is 20.3 Å². The Labute approximate surface area is 110 Å². The van der Waals surface area contributed by atoms with E-state index in [9.17, 15) is 0 Å². The molecule has 0 radical (unpaired) electrons. The minimum Gasteiger partial charge on any atom is -0.374 e. The maximum absolute atomic E-state index is 5.38. The van der Waals surface area contributed by atoms with Crippen molar-refractivity contribution in [3.63, 3.8) is 0 Å². The van der Waals surface area contributed by atoms with Crippen LogP contribution < -0.4 is 10.2 Å². The molecular formula is C13H24N4O. The molecule has 102 valence electrons. The number of hydrogen-bond acceptors (Lipinski definition) is 5. The van der Waals surface area contributed by atoms with Gasteiger partial charge in [0.15, 0.2) is 5.82 Å². The normalized spacial score (nSPS) is 10.4. The van der Waals surface area contributed by atoms with Gasteiger partial charge >= 0.3 is 0 Å². The van der Waals surface area contributed by atoms with E-state index in [1.807, 2.05) is 20.0 Å². The van der Waals surface area contributed by atoms with E-state index in [2.05, 4.69) is 34.0 Å². The summed E-state index contributed by atoms with van der Waals surface area (Å²) < 4.78 is 5.38. The molecule has 1 heterocycles. The molecule has 1 rings (SSSR count). The molecule has 0 saturated carbocycles. The van der Waals surface area contributed by atoms with Crippen LogP contribution in [0.25, 0.3) is 0 Å². The first-order chi connectivity index (χ1) is 8.71. The molecule has 0 saturated heterocycles. The van der Waals surface area contributed by atoms with Crippen LogP contribution in [-0.4, -0.2) is 36.7 Å². The fourth-order valence-corrected chi connectivity index (χ4v) is 1.66. The number of hydrogen-bond donors (Lipinski definition) is 1. The Balaban J connectivity index is 2.89. The van der Waals surface area contributed by atoms with Crippen LogP contribution in [0.4, 0.5) is 11.6 Å². The van der Waals surface area contributed by atoms with Gasteiger partial charge in [0.25, 0.3) is 0 Å². The predicted octanol–water partition coefficient (Wildman–Crippen LogP) is 2.29. The van der Waals surface area contributed by atoms with Crippen molar-refractivity contribution in [2.45, 2.75) is 33.8 Å². The fraction of sp³-hybridized carbons (Fsp3) is 0.692. The average molecular weight is 252 g/mol. The fourth-order valence-electron chi connectivity index (χ4n) is 1.66. The summed E-state index contributed by atoms with van der Waals surface area (Å²) in [6.45, 7) is 9.15. The highest BCUT2D eigenvalue weighted by Gasteiger charge is 2.07. The van der Waals surface area contributed by atoms with Gasteiger partial charge < -0.3 is 15.0 Å². The van der Waals surface area contributed by atoms with Gasteiger partial charge in [-0.2, -0.15) is 0 Å². The van der Waals surface area contributed by atoms with E-state index in [-0.39, 0.29) is 0 Å². The van der Waals surface area contributed by atoms with E-state index in [1.165, 1.54) is 0 Å². The van der Waals surface area contributed by atoms with E-state index >= 15 is 0 Å². The molecule has 0 fully saturated rings. The van der Waals surface area contributed by atoms with Gasteiger partial charge in [0.1, 0.15) is 18.2 Å². The monoisotopic (exact) mass is 252 g/mol. The highest BCUT2D eigenvalue weighted by molar-refractivity contribution is 5.48. The first-order valence-corrected chi connectivity index (χ1v) is 6.61. The second-order valence-corrected chi connectivity index (χ2v) is 4.12. The average Bonchev–Trinajstić information content (AvgIpc) is 2.37. The predicted molar refractivity (Wildman–Crippen MR) is 75.1 cm³/mol. The standard InChI is InChI=1S/C13H24N4O/c1-5-8-17(4)13-9-11(14-6-2)15-12(16-13)10-18-7-3/h9H,5-8,10H2,1-4H3,(H,14,15,16). The minimum absolute atomic E-state index is 0.461. The highest BCUT2D eigenvalue weighted by Crippen LogP contribution is 2.15. The lowest BCUT2D eigenvalue weighted by atomic mass is 10.4. The molecule has 0 bridgehead atoms. The van der Waals surface area contributed by atoms with Crippen molar-refractivity contribution in [2.24, 2.45) is 0 Å². The third-order valence-electron chi connectivity index (χ3n) is 2.50. The number of anilines is 2. The Hall–Kier alpha value is -1.36. The Bertz CT molecular complexity index is 357. The second kappa shape index (κ2) is 7.87. The number of aromatic nitrogens is 2. The van der Waals surface area contributed by atoms with Crippen molar-refractivity contribution in [1.82, 2.24) is 9.97 Å². The molecule has 1 N–H and O–H groups in total.